The molecule has 2 N–H and O–H groups in total. The highest BCUT2D eigenvalue weighted by Gasteiger charge is 2.66. The summed E-state index contributed by atoms with van der Waals surface area (Å²) in [5, 5.41) is 27.0. The fourth-order valence-electron chi connectivity index (χ4n) is 9.82. The van der Waals surface area contributed by atoms with Crippen molar-refractivity contribution in [3.05, 3.63) is 126 Å². The van der Waals surface area contributed by atoms with Gasteiger partial charge in [-0.2, -0.15) is 0 Å². The molecule has 7 rings (SSSR count). The molecular weight excluding hydrogens is 832 g/mol. The van der Waals surface area contributed by atoms with Crippen LogP contribution in [0.1, 0.15) is 93.1 Å². The average Bonchev–Trinajstić information content (AvgIpc) is 3.29. The predicted molar refractivity (Wildman–Crippen MR) is 249 cm³/mol. The zero-order chi connectivity index (χ0) is 45.3. The highest BCUT2D eigenvalue weighted by Crippen LogP contribution is 2.62. The molecule has 1 saturated carbocycles. The van der Waals surface area contributed by atoms with Crippen molar-refractivity contribution in [1.82, 2.24) is 4.90 Å². The third kappa shape index (κ3) is 10.3. The molecule has 1 heterocycles. The number of aliphatic hydroxyl groups is 2. The van der Waals surface area contributed by atoms with Gasteiger partial charge in [-0.15, -0.1) is 18.2 Å². The Labute approximate surface area is 381 Å². The Kier molecular flexibility index (Phi) is 15.5. The number of carbonyl (C=O) groups is 2. The summed E-state index contributed by atoms with van der Waals surface area (Å²) < 4.78 is 27.0. The van der Waals surface area contributed by atoms with Gasteiger partial charge in [0.25, 0.3) is 0 Å². The molecular formula is C52H61ClN2O9. The van der Waals surface area contributed by atoms with Gasteiger partial charge in [0.2, 0.25) is 5.79 Å². The number of nitrogens with zero attached hydrogens (tertiary/aromatic N) is 2. The van der Waals surface area contributed by atoms with E-state index >= 15 is 0 Å². The molecule has 3 aliphatic rings. The smallest absolute Gasteiger partial charge is 0.410 e. The van der Waals surface area contributed by atoms with Crippen LogP contribution in [0.25, 0.3) is 10.8 Å². The summed E-state index contributed by atoms with van der Waals surface area (Å²) in [4.78, 5) is 34.5. The quantitative estimate of drug-likeness (QED) is 0.0292. The minimum absolute atomic E-state index is 0.000224. The maximum atomic E-state index is 14.8. The van der Waals surface area contributed by atoms with Gasteiger partial charge in [0.05, 0.1) is 30.7 Å². The zero-order valence-corrected chi connectivity index (χ0v) is 37.9. The number of carbonyl (C=O) groups excluding carboxylic acids is 2. The van der Waals surface area contributed by atoms with Gasteiger partial charge in [-0.25, -0.2) is 4.79 Å². The van der Waals surface area contributed by atoms with Gasteiger partial charge in [-0.1, -0.05) is 84.7 Å². The number of oxime groups is 1. The standard InChI is InChI=1S/C52H61ClN2O9/c1-5-27-61-52-47(55(50(59)60-28-24-53)33-38-18-13-17-36-15-6-7-20-41(36)38)32-45(54-64-51(2,3)4)43-30-37(16-8-10-25-56)42(21-9-11-26-57)48(49(43)52)44-31-40(22-23-46(44)63-52)62-39-19-12-14-35(29-39)34-58/h5-7,12-15,17-20,22-23,29-31,34,37,42,47-49,56-57H,1,8-11,16,21,24-28,32-33H2,2-4H3/t37-,42+,47-,48+,49+,52+/m0/s1. The number of amides is 1. The van der Waals surface area contributed by atoms with Crippen molar-refractivity contribution in [1.29, 1.82) is 0 Å². The number of unbranched alkanes of at least 4 members (excludes halogenated alkanes) is 2. The van der Waals surface area contributed by atoms with Crippen LogP contribution in [0.3, 0.4) is 0 Å². The molecule has 0 saturated heterocycles. The summed E-state index contributed by atoms with van der Waals surface area (Å²) >= 11 is 6.16. The number of fused-ring (bicyclic) bond motifs is 3. The first-order valence-corrected chi connectivity index (χ1v) is 23.0. The van der Waals surface area contributed by atoms with Gasteiger partial charge in [0.15, 0.2) is 0 Å². The molecule has 4 aromatic carbocycles. The SMILES string of the molecule is C=CCO[C@@]12Oc3ccc(Oc4cccc(C=O)c4)cc3[C@H]3[C@H](CCCCO)[C@@H](CCCCO)C=C(C(=NOC(C)(C)C)C[C@@H]1N(Cc1cccc4ccccc14)C(=O)OCCCl)[C@H]32. The maximum absolute atomic E-state index is 14.8. The van der Waals surface area contributed by atoms with Crippen molar-refractivity contribution in [3.8, 4) is 17.2 Å². The van der Waals surface area contributed by atoms with Crippen LogP contribution in [0.2, 0.25) is 0 Å². The Balaban J connectivity index is 1.48. The van der Waals surface area contributed by atoms with Gasteiger partial charge in [-0.3, -0.25) is 9.69 Å². The molecule has 1 fully saturated rings. The number of halogens is 1. The molecule has 1 amide bonds. The van der Waals surface area contributed by atoms with E-state index in [2.05, 4.69) is 30.9 Å². The van der Waals surface area contributed by atoms with Crippen LogP contribution < -0.4 is 9.47 Å². The Morgan fingerprint density at radius 2 is 1.72 bits per heavy atom. The van der Waals surface area contributed by atoms with E-state index in [0.717, 1.165) is 59.4 Å². The number of ether oxygens (including phenoxy) is 4. The molecule has 11 nitrogen and oxygen atoms in total. The lowest BCUT2D eigenvalue weighted by molar-refractivity contribution is -0.256. The number of allylic oxidation sites excluding steroid dienone is 1. The van der Waals surface area contributed by atoms with Crippen molar-refractivity contribution >= 4 is 40.5 Å². The third-order valence-electron chi connectivity index (χ3n) is 12.4. The van der Waals surface area contributed by atoms with E-state index in [1.807, 2.05) is 69.3 Å². The third-order valence-corrected chi connectivity index (χ3v) is 12.6. The molecule has 0 bridgehead atoms. The molecule has 0 unspecified atom stereocenters. The van der Waals surface area contributed by atoms with E-state index in [0.29, 0.717) is 41.4 Å². The molecule has 0 radical (unpaired) electrons. The monoisotopic (exact) mass is 892 g/mol. The minimum atomic E-state index is -1.50. The van der Waals surface area contributed by atoms with Crippen LogP contribution in [0.15, 0.2) is 114 Å². The molecule has 6 atom stereocenters. The van der Waals surface area contributed by atoms with Crippen LogP contribution >= 0.6 is 11.6 Å². The Morgan fingerprint density at radius 1 is 0.969 bits per heavy atom. The zero-order valence-electron chi connectivity index (χ0n) is 37.1. The number of alkyl halides is 1. The van der Waals surface area contributed by atoms with Gasteiger partial charge >= 0.3 is 6.09 Å². The molecule has 64 heavy (non-hydrogen) atoms. The number of aldehydes is 1. The molecule has 2 aliphatic carbocycles. The summed E-state index contributed by atoms with van der Waals surface area (Å²) in [6, 6.07) is 26.1. The van der Waals surface area contributed by atoms with Gasteiger partial charge in [0, 0.05) is 36.7 Å². The van der Waals surface area contributed by atoms with Crippen LogP contribution in [-0.2, 0) is 20.9 Å². The lowest BCUT2D eigenvalue weighted by Crippen LogP contribution is -2.70. The normalized spacial score (nSPS) is 23.0. The van der Waals surface area contributed by atoms with E-state index in [4.69, 9.17) is 40.5 Å². The van der Waals surface area contributed by atoms with E-state index in [-0.39, 0.29) is 63.0 Å². The number of hydrogen-bond donors (Lipinski definition) is 2. The number of hydrogen-bond acceptors (Lipinski definition) is 10. The number of rotatable bonds is 20. The highest BCUT2D eigenvalue weighted by molar-refractivity contribution is 6.18. The van der Waals surface area contributed by atoms with E-state index in [1.54, 1.807) is 29.2 Å². The van der Waals surface area contributed by atoms with Crippen LogP contribution in [0, 0.1) is 17.8 Å². The Hall–Kier alpha value is -5.20. The topological polar surface area (TPSA) is 136 Å². The van der Waals surface area contributed by atoms with E-state index in [1.165, 1.54) is 0 Å². The summed E-state index contributed by atoms with van der Waals surface area (Å²) in [6.45, 7) is 10.3. The van der Waals surface area contributed by atoms with Crippen LogP contribution in [0.5, 0.6) is 17.2 Å². The maximum Gasteiger partial charge on any atom is 0.410 e. The lowest BCUT2D eigenvalue weighted by Gasteiger charge is -2.60. The molecule has 4 aromatic rings. The largest absolute Gasteiger partial charge is 0.459 e. The first-order valence-electron chi connectivity index (χ1n) is 22.5. The average molecular weight is 894 g/mol. The fraction of sp³-hybridized carbons (Fsp3) is 0.442. The highest BCUT2D eigenvalue weighted by atomic mass is 35.5. The van der Waals surface area contributed by atoms with Gasteiger partial charge in [0.1, 0.15) is 41.8 Å². The number of benzene rings is 4. The molecule has 0 spiro atoms. The lowest BCUT2D eigenvalue weighted by atomic mass is 9.55. The minimum Gasteiger partial charge on any atom is -0.459 e. The molecule has 12 heteroatoms. The summed E-state index contributed by atoms with van der Waals surface area (Å²) in [7, 11) is 0. The Morgan fingerprint density at radius 3 is 2.47 bits per heavy atom. The van der Waals surface area contributed by atoms with Crippen LogP contribution in [0.4, 0.5) is 4.79 Å². The first kappa shape index (κ1) is 46.8. The molecule has 0 aromatic heterocycles. The fourth-order valence-corrected chi connectivity index (χ4v) is 9.89. The second-order valence-corrected chi connectivity index (χ2v) is 18.2. The summed E-state index contributed by atoms with van der Waals surface area (Å²) in [5.74, 6) is -0.521. The summed E-state index contributed by atoms with van der Waals surface area (Å²) in [5.41, 5.74) is 3.26. The summed E-state index contributed by atoms with van der Waals surface area (Å²) in [6.07, 6.45) is 8.85. The van der Waals surface area contributed by atoms with Gasteiger partial charge in [-0.05, 0) is 111 Å². The second kappa shape index (κ2) is 21.2. The van der Waals surface area contributed by atoms with Crippen molar-refractivity contribution in [2.45, 2.75) is 95.6 Å². The second-order valence-electron chi connectivity index (χ2n) is 17.8. The number of aliphatic hydroxyl groups excluding tert-OH is 2. The first-order chi connectivity index (χ1) is 31.0. The van der Waals surface area contributed by atoms with Crippen molar-refractivity contribution in [2.24, 2.45) is 22.9 Å². The van der Waals surface area contributed by atoms with Crippen molar-refractivity contribution < 1.29 is 43.6 Å². The van der Waals surface area contributed by atoms with Crippen molar-refractivity contribution in [2.75, 3.05) is 32.3 Å². The predicted octanol–water partition coefficient (Wildman–Crippen LogP) is 10.8. The Bertz CT molecular complexity index is 2320. The van der Waals surface area contributed by atoms with E-state index < -0.39 is 29.4 Å². The van der Waals surface area contributed by atoms with Gasteiger partial charge < -0.3 is 34.0 Å². The van der Waals surface area contributed by atoms with E-state index in [9.17, 15) is 19.8 Å². The molecule has 340 valence electrons. The van der Waals surface area contributed by atoms with Crippen molar-refractivity contribution in [3.63, 3.8) is 0 Å². The van der Waals surface area contributed by atoms with Crippen LogP contribution in [-0.4, -0.2) is 82.9 Å². The molecule has 1 aliphatic heterocycles.